The highest BCUT2D eigenvalue weighted by molar-refractivity contribution is 6.29. The largest absolute Gasteiger partial charge is 0.237 e. The van der Waals surface area contributed by atoms with Gasteiger partial charge in [-0.05, 0) is 226 Å². The van der Waals surface area contributed by atoms with Crippen molar-refractivity contribution in [3.05, 3.63) is 171 Å². The Balaban J connectivity index is 1.34. The van der Waals surface area contributed by atoms with Gasteiger partial charge in [-0.2, -0.15) is 15.8 Å². The molecule has 0 bridgehead atoms. The molecule has 0 saturated carbocycles. The summed E-state index contributed by atoms with van der Waals surface area (Å²) in [6, 6.07) is 47.4. The Bertz CT molecular complexity index is 3840. The summed E-state index contributed by atoms with van der Waals surface area (Å²) in [6.45, 7) is 20.5. The number of nitriles is 3. The fourth-order valence-electron chi connectivity index (χ4n) is 11.6. The first-order valence-electron chi connectivity index (χ1n) is 21.6. The SMILES string of the molecule is [C-]#[N+]c1c(C)c(C#N)c(C)c(C)c1-c1cc2c3cc4c(cc3c(-c3c(C)c(C)c(C#N)c(C)c3C#N)cc2c2cc3c(cc12)-c1cccc2cccc-3c12)-c1cccc2cccc-4c12. The van der Waals surface area contributed by atoms with Crippen molar-refractivity contribution in [2.45, 2.75) is 41.5 Å². The van der Waals surface area contributed by atoms with Gasteiger partial charge in [-0.25, -0.2) is 4.85 Å². The fourth-order valence-corrected chi connectivity index (χ4v) is 11.6. The molecule has 2 aliphatic rings. The van der Waals surface area contributed by atoms with Gasteiger partial charge < -0.3 is 0 Å². The summed E-state index contributed by atoms with van der Waals surface area (Å²) in [7, 11) is 0. The highest BCUT2D eigenvalue weighted by Crippen LogP contribution is 2.55. The molecule has 0 fully saturated rings. The first kappa shape index (κ1) is 37.2. The Kier molecular flexibility index (Phi) is 7.56. The van der Waals surface area contributed by atoms with Crippen molar-refractivity contribution in [2.24, 2.45) is 0 Å². The smallest absolute Gasteiger partial charge is 0.199 e. The lowest BCUT2D eigenvalue weighted by Crippen LogP contribution is -2.02. The summed E-state index contributed by atoms with van der Waals surface area (Å²) < 4.78 is 0. The summed E-state index contributed by atoms with van der Waals surface area (Å²) in [5, 5.41) is 42.7. The molecule has 0 aromatic heterocycles. The van der Waals surface area contributed by atoms with Crippen LogP contribution >= 0.6 is 0 Å². The van der Waals surface area contributed by atoms with E-state index < -0.39 is 0 Å². The summed E-state index contributed by atoms with van der Waals surface area (Å²) in [5.41, 5.74) is 20.0. The van der Waals surface area contributed by atoms with E-state index in [9.17, 15) is 15.8 Å². The van der Waals surface area contributed by atoms with E-state index in [-0.39, 0.29) is 0 Å². The van der Waals surface area contributed by atoms with Gasteiger partial charge in [0.1, 0.15) is 6.07 Å². The maximum Gasteiger partial charge on any atom is 0.199 e. The van der Waals surface area contributed by atoms with E-state index in [0.717, 1.165) is 99.1 Å². The molecule has 64 heavy (non-hydrogen) atoms. The van der Waals surface area contributed by atoms with E-state index in [4.69, 9.17) is 6.57 Å². The van der Waals surface area contributed by atoms with Gasteiger partial charge in [-0.1, -0.05) is 72.8 Å². The lowest BCUT2D eigenvalue weighted by molar-refractivity contribution is 1.24. The molecule has 10 aromatic carbocycles. The molecule has 0 N–H and O–H groups in total. The third kappa shape index (κ3) is 4.57. The Morgan fingerprint density at radius 3 is 1.11 bits per heavy atom. The molecule has 4 heteroatoms. The predicted molar refractivity (Wildman–Crippen MR) is 263 cm³/mol. The van der Waals surface area contributed by atoms with Crippen LogP contribution in [0.3, 0.4) is 0 Å². The normalized spacial score (nSPS) is 11.8. The summed E-state index contributed by atoms with van der Waals surface area (Å²) in [6.07, 6.45) is 0. The van der Waals surface area contributed by atoms with Crippen molar-refractivity contribution in [1.82, 2.24) is 0 Å². The van der Waals surface area contributed by atoms with Gasteiger partial charge in [-0.15, -0.1) is 0 Å². The second-order valence-electron chi connectivity index (χ2n) is 17.7. The number of hydrogen-bond acceptors (Lipinski definition) is 3. The topological polar surface area (TPSA) is 75.7 Å². The molecule has 0 unspecified atom stereocenters. The molecular weight excluding hydrogens is 777 g/mol. The van der Waals surface area contributed by atoms with Crippen molar-refractivity contribution in [1.29, 1.82) is 15.8 Å². The zero-order valence-electron chi connectivity index (χ0n) is 36.2. The van der Waals surface area contributed by atoms with Gasteiger partial charge in [0.05, 0.1) is 29.8 Å². The maximum atomic E-state index is 11.0. The number of rotatable bonds is 2. The van der Waals surface area contributed by atoms with E-state index in [1.165, 1.54) is 43.8 Å². The molecule has 0 spiro atoms. The highest BCUT2D eigenvalue weighted by atomic mass is 14.7. The Morgan fingerprint density at radius 1 is 0.359 bits per heavy atom. The van der Waals surface area contributed by atoms with Crippen LogP contribution in [0.2, 0.25) is 0 Å². The first-order chi connectivity index (χ1) is 31.1. The molecule has 2 aliphatic carbocycles. The van der Waals surface area contributed by atoms with Crippen LogP contribution in [0.15, 0.2) is 109 Å². The molecule has 296 valence electrons. The molecule has 0 radical (unpaired) electrons. The summed E-state index contributed by atoms with van der Waals surface area (Å²) in [5.74, 6) is 0. The molecular formula is C60H36N4. The minimum Gasteiger partial charge on any atom is -0.237 e. The van der Waals surface area contributed by atoms with Gasteiger partial charge in [-0.3, -0.25) is 0 Å². The molecule has 0 aliphatic heterocycles. The number of nitrogens with zero attached hydrogens (tertiary/aromatic N) is 4. The lowest BCUT2D eigenvalue weighted by atomic mass is 9.80. The predicted octanol–water partition coefficient (Wildman–Crippen LogP) is 16.1. The zero-order chi connectivity index (χ0) is 44.0. The van der Waals surface area contributed by atoms with Crippen molar-refractivity contribution in [2.75, 3.05) is 0 Å². The van der Waals surface area contributed by atoms with Crippen LogP contribution in [-0.4, -0.2) is 0 Å². The number of benzene rings is 10. The second kappa shape index (κ2) is 13.0. The van der Waals surface area contributed by atoms with Crippen LogP contribution in [0.4, 0.5) is 5.69 Å². The van der Waals surface area contributed by atoms with E-state index in [1.54, 1.807) is 0 Å². The second-order valence-corrected chi connectivity index (χ2v) is 17.7. The highest BCUT2D eigenvalue weighted by Gasteiger charge is 2.30. The Morgan fingerprint density at radius 2 is 0.703 bits per heavy atom. The number of fused-ring (bicyclic) bond motifs is 11. The summed E-state index contributed by atoms with van der Waals surface area (Å²) in [4.78, 5) is 4.19. The Hall–Kier alpha value is -8.54. The minimum atomic E-state index is 0.493. The lowest BCUT2D eigenvalue weighted by Gasteiger charge is -2.23. The van der Waals surface area contributed by atoms with Crippen LogP contribution in [0, 0.1) is 82.1 Å². The molecule has 0 amide bonds. The Labute approximate surface area is 370 Å². The van der Waals surface area contributed by atoms with Gasteiger partial charge >= 0.3 is 0 Å². The van der Waals surface area contributed by atoms with Crippen LogP contribution in [0.25, 0.3) is 125 Å². The van der Waals surface area contributed by atoms with Gasteiger partial charge in [0.25, 0.3) is 0 Å². The summed E-state index contributed by atoms with van der Waals surface area (Å²) >= 11 is 0. The third-order valence-corrected chi connectivity index (χ3v) is 14.9. The van der Waals surface area contributed by atoms with E-state index in [1.807, 2.05) is 41.5 Å². The quantitative estimate of drug-likeness (QED) is 0.129. The molecule has 4 nitrogen and oxygen atoms in total. The van der Waals surface area contributed by atoms with Crippen molar-refractivity contribution in [3.63, 3.8) is 0 Å². The van der Waals surface area contributed by atoms with E-state index in [2.05, 4.69) is 132 Å². The number of hydrogen-bond donors (Lipinski definition) is 0. The van der Waals surface area contributed by atoms with Crippen LogP contribution in [0.5, 0.6) is 0 Å². The first-order valence-corrected chi connectivity index (χ1v) is 21.6. The van der Waals surface area contributed by atoms with Crippen molar-refractivity contribution in [3.8, 4) is 85.0 Å². The zero-order valence-corrected chi connectivity index (χ0v) is 36.2. The molecule has 0 saturated heterocycles. The van der Waals surface area contributed by atoms with E-state index >= 15 is 0 Å². The molecule has 10 aromatic rings. The monoisotopic (exact) mass is 812 g/mol. The molecule has 0 atom stereocenters. The van der Waals surface area contributed by atoms with Crippen molar-refractivity contribution < 1.29 is 0 Å². The van der Waals surface area contributed by atoms with Crippen molar-refractivity contribution >= 4 is 59.5 Å². The van der Waals surface area contributed by atoms with Crippen LogP contribution in [-0.2, 0) is 0 Å². The van der Waals surface area contributed by atoms with E-state index in [0.29, 0.717) is 33.5 Å². The van der Waals surface area contributed by atoms with Gasteiger partial charge in [0, 0.05) is 11.1 Å². The minimum absolute atomic E-state index is 0.493. The average molecular weight is 813 g/mol. The third-order valence-electron chi connectivity index (χ3n) is 14.9. The standard InChI is InChI=1S/C60H36N4/c1-29-31(3)56(55(28-63)33(5)53(29)26-61)51-24-47-46-21-42-38-17-9-13-36-15-11-19-40(59(36)38)44(42)23-50(46)52(57-32(4)30(2)54(27-62)34(6)60(57)64-7)25-48(47)45-20-41-37-16-8-12-35-14-10-18-39(58(35)37)43(41)22-49(45)51/h8-25H,1-6H3. The maximum absolute atomic E-state index is 11.0. The van der Waals surface area contributed by atoms with Crippen LogP contribution < -0.4 is 0 Å². The molecule has 12 rings (SSSR count). The average Bonchev–Trinajstić information content (AvgIpc) is 3.80. The van der Waals surface area contributed by atoms with Gasteiger partial charge in [0.2, 0.25) is 0 Å². The molecule has 0 heterocycles. The fraction of sp³-hybridized carbons (Fsp3) is 0.100. The van der Waals surface area contributed by atoms with Crippen LogP contribution in [0.1, 0.15) is 50.1 Å². The van der Waals surface area contributed by atoms with Gasteiger partial charge in [0.15, 0.2) is 5.69 Å².